The van der Waals surface area contributed by atoms with E-state index in [1.54, 1.807) is 17.0 Å². The summed E-state index contributed by atoms with van der Waals surface area (Å²) >= 11 is 0. The molecule has 0 bridgehead atoms. The van der Waals surface area contributed by atoms with Gasteiger partial charge in [0.1, 0.15) is 11.9 Å². The number of carbonyl (C=O) groups is 2. The highest BCUT2D eigenvalue weighted by Crippen LogP contribution is 2.33. The Bertz CT molecular complexity index is 843. The first-order valence-corrected chi connectivity index (χ1v) is 8.54. The van der Waals surface area contributed by atoms with E-state index in [1.165, 1.54) is 0 Å². The van der Waals surface area contributed by atoms with E-state index in [2.05, 4.69) is 28.6 Å². The maximum Gasteiger partial charge on any atom is 0.339 e. The molecule has 0 aliphatic carbocycles. The van der Waals surface area contributed by atoms with Crippen LogP contribution < -0.4 is 0 Å². The number of amides is 1. The first-order chi connectivity index (χ1) is 12.0. The molecule has 7 heteroatoms. The largest absolute Gasteiger partial charge is 0.453 e. The Balaban J connectivity index is 1.47. The van der Waals surface area contributed by atoms with Crippen molar-refractivity contribution < 1.29 is 14.3 Å². The Morgan fingerprint density at radius 3 is 2.88 bits per heavy atom. The number of nitrogens with zero attached hydrogens (tertiary/aromatic N) is 4. The predicted octanol–water partition coefficient (Wildman–Crippen LogP) is 2.05. The van der Waals surface area contributed by atoms with Crippen LogP contribution in [0.4, 0.5) is 0 Å². The van der Waals surface area contributed by atoms with Crippen LogP contribution >= 0.6 is 0 Å². The summed E-state index contributed by atoms with van der Waals surface area (Å²) < 4.78 is 7.48. The molecule has 2 aliphatic heterocycles. The van der Waals surface area contributed by atoms with Gasteiger partial charge in [0.25, 0.3) is 0 Å². The summed E-state index contributed by atoms with van der Waals surface area (Å²) in [6.07, 6.45) is -0.337. The van der Waals surface area contributed by atoms with E-state index >= 15 is 0 Å². The lowest BCUT2D eigenvalue weighted by Gasteiger charge is -2.29. The molecule has 1 aromatic heterocycles. The van der Waals surface area contributed by atoms with Crippen molar-refractivity contribution in [3.63, 3.8) is 0 Å². The number of rotatable bonds is 3. The molecule has 7 nitrogen and oxygen atoms in total. The van der Waals surface area contributed by atoms with Crippen molar-refractivity contribution in [3.8, 4) is 0 Å². The van der Waals surface area contributed by atoms with Gasteiger partial charge in [-0.3, -0.25) is 4.79 Å². The third kappa shape index (κ3) is 2.69. The first-order valence-electron chi connectivity index (χ1n) is 8.54. The van der Waals surface area contributed by atoms with Crippen molar-refractivity contribution in [1.29, 1.82) is 0 Å². The van der Waals surface area contributed by atoms with Crippen LogP contribution in [0.3, 0.4) is 0 Å². The van der Waals surface area contributed by atoms with Crippen molar-refractivity contribution in [1.82, 2.24) is 19.7 Å². The molecule has 4 rings (SSSR count). The molecule has 2 aliphatic rings. The molecule has 0 radical (unpaired) electrons. The SMILES string of the molecule is CC(C)c1nnc2n1CCN(C(=O)CC1OC(=O)c3ccccc31)C2. The minimum absolute atomic E-state index is 0.0325. The van der Waals surface area contributed by atoms with Gasteiger partial charge in [0.05, 0.1) is 18.5 Å². The molecule has 130 valence electrons. The zero-order valence-electron chi connectivity index (χ0n) is 14.3. The number of carbonyl (C=O) groups excluding carboxylic acids is 2. The van der Waals surface area contributed by atoms with E-state index in [0.29, 0.717) is 31.1 Å². The maximum atomic E-state index is 12.7. The Labute approximate surface area is 145 Å². The molecule has 0 spiro atoms. The van der Waals surface area contributed by atoms with E-state index in [9.17, 15) is 9.59 Å². The summed E-state index contributed by atoms with van der Waals surface area (Å²) in [6.45, 7) is 5.93. The fourth-order valence-corrected chi connectivity index (χ4v) is 3.48. The topological polar surface area (TPSA) is 77.3 Å². The molecule has 1 unspecified atom stereocenters. The Morgan fingerprint density at radius 1 is 1.28 bits per heavy atom. The highest BCUT2D eigenvalue weighted by Gasteiger charge is 2.34. The van der Waals surface area contributed by atoms with Gasteiger partial charge in [-0.15, -0.1) is 10.2 Å². The summed E-state index contributed by atoms with van der Waals surface area (Å²) in [5.74, 6) is 1.69. The summed E-state index contributed by atoms with van der Waals surface area (Å²) in [5.41, 5.74) is 1.35. The number of hydrogen-bond acceptors (Lipinski definition) is 5. The maximum absolute atomic E-state index is 12.7. The summed E-state index contributed by atoms with van der Waals surface area (Å²) in [6, 6.07) is 7.24. The summed E-state index contributed by atoms with van der Waals surface area (Å²) in [4.78, 5) is 26.4. The number of benzene rings is 1. The lowest BCUT2D eigenvalue weighted by Crippen LogP contribution is -2.39. The molecule has 3 heterocycles. The molecular weight excluding hydrogens is 320 g/mol. The third-order valence-corrected chi connectivity index (χ3v) is 4.79. The molecule has 0 saturated heterocycles. The first kappa shape index (κ1) is 15.8. The lowest BCUT2D eigenvalue weighted by atomic mass is 10.0. The minimum Gasteiger partial charge on any atom is -0.453 e. The second-order valence-electron chi connectivity index (χ2n) is 6.78. The molecule has 1 atom stereocenters. The fraction of sp³-hybridized carbons (Fsp3) is 0.444. The van der Waals surface area contributed by atoms with Crippen molar-refractivity contribution >= 4 is 11.9 Å². The predicted molar refractivity (Wildman–Crippen MR) is 88.7 cm³/mol. The Morgan fingerprint density at radius 2 is 2.08 bits per heavy atom. The van der Waals surface area contributed by atoms with Crippen LogP contribution in [0, 0.1) is 0 Å². The van der Waals surface area contributed by atoms with Gasteiger partial charge in [0, 0.05) is 24.6 Å². The van der Waals surface area contributed by atoms with Crippen LogP contribution in [0.5, 0.6) is 0 Å². The number of esters is 1. The van der Waals surface area contributed by atoms with Crippen molar-refractivity contribution in [3.05, 3.63) is 47.0 Å². The van der Waals surface area contributed by atoms with Crippen molar-refractivity contribution in [2.75, 3.05) is 6.54 Å². The van der Waals surface area contributed by atoms with Crippen LogP contribution in [-0.4, -0.2) is 38.1 Å². The van der Waals surface area contributed by atoms with Gasteiger partial charge in [-0.25, -0.2) is 4.79 Å². The van der Waals surface area contributed by atoms with Gasteiger partial charge in [0.2, 0.25) is 5.91 Å². The highest BCUT2D eigenvalue weighted by molar-refractivity contribution is 5.94. The normalized spacial score (nSPS) is 18.9. The van der Waals surface area contributed by atoms with Crippen molar-refractivity contribution in [2.45, 2.75) is 45.4 Å². The van der Waals surface area contributed by atoms with Gasteiger partial charge in [0.15, 0.2) is 5.82 Å². The Hall–Kier alpha value is -2.70. The minimum atomic E-state index is -0.498. The quantitative estimate of drug-likeness (QED) is 0.799. The third-order valence-electron chi connectivity index (χ3n) is 4.79. The molecule has 1 aromatic carbocycles. The zero-order chi connectivity index (χ0) is 17.6. The number of fused-ring (bicyclic) bond motifs is 2. The number of hydrogen-bond donors (Lipinski definition) is 0. The molecule has 1 amide bonds. The van der Waals surface area contributed by atoms with Gasteiger partial charge < -0.3 is 14.2 Å². The highest BCUT2D eigenvalue weighted by atomic mass is 16.5. The molecular formula is C18H20N4O3. The average molecular weight is 340 g/mol. The standard InChI is InChI=1S/C18H20N4O3/c1-11(2)17-20-19-15-10-21(7-8-22(15)17)16(23)9-14-12-5-3-4-6-13(12)18(24)25-14/h3-6,11,14H,7-10H2,1-2H3. The molecule has 2 aromatic rings. The number of aromatic nitrogens is 3. The smallest absolute Gasteiger partial charge is 0.339 e. The molecule has 25 heavy (non-hydrogen) atoms. The number of cyclic esters (lactones) is 1. The van der Waals surface area contributed by atoms with Crippen LogP contribution in [-0.2, 0) is 22.6 Å². The fourth-order valence-electron chi connectivity index (χ4n) is 3.48. The zero-order valence-corrected chi connectivity index (χ0v) is 14.3. The number of ether oxygens (including phenoxy) is 1. The van der Waals surface area contributed by atoms with E-state index in [-0.39, 0.29) is 18.3 Å². The molecule has 0 fully saturated rings. The van der Waals surface area contributed by atoms with Gasteiger partial charge in [-0.05, 0) is 6.07 Å². The van der Waals surface area contributed by atoms with E-state index in [1.807, 2.05) is 12.1 Å². The van der Waals surface area contributed by atoms with E-state index < -0.39 is 6.10 Å². The van der Waals surface area contributed by atoms with Crippen LogP contribution in [0.1, 0.15) is 59.9 Å². The van der Waals surface area contributed by atoms with Crippen LogP contribution in [0.2, 0.25) is 0 Å². The van der Waals surface area contributed by atoms with Crippen LogP contribution in [0.25, 0.3) is 0 Å². The van der Waals surface area contributed by atoms with Gasteiger partial charge >= 0.3 is 5.97 Å². The summed E-state index contributed by atoms with van der Waals surface area (Å²) in [5, 5.41) is 8.46. The molecule has 0 saturated carbocycles. The van der Waals surface area contributed by atoms with Crippen LogP contribution in [0.15, 0.2) is 24.3 Å². The monoisotopic (exact) mass is 340 g/mol. The lowest BCUT2D eigenvalue weighted by molar-refractivity contribution is -0.134. The van der Waals surface area contributed by atoms with Gasteiger partial charge in [-0.1, -0.05) is 32.0 Å². The summed E-state index contributed by atoms with van der Waals surface area (Å²) in [7, 11) is 0. The van der Waals surface area contributed by atoms with Crippen molar-refractivity contribution in [2.24, 2.45) is 0 Å². The van der Waals surface area contributed by atoms with E-state index in [0.717, 1.165) is 17.2 Å². The Kier molecular flexibility index (Phi) is 3.78. The second-order valence-corrected chi connectivity index (χ2v) is 6.78. The average Bonchev–Trinajstić information content (AvgIpc) is 3.16. The van der Waals surface area contributed by atoms with Gasteiger partial charge in [-0.2, -0.15) is 0 Å². The van der Waals surface area contributed by atoms with E-state index in [4.69, 9.17) is 4.74 Å². The molecule has 0 N–H and O–H groups in total. The second kappa shape index (κ2) is 5.98.